The van der Waals surface area contributed by atoms with Crippen molar-refractivity contribution in [3.05, 3.63) is 0 Å². The van der Waals surface area contributed by atoms with Gasteiger partial charge in [0, 0.05) is 0 Å². The molecule has 0 unspecified atom stereocenters. The largest absolute Gasteiger partial charge is 0.480 e. The zero-order valence-corrected chi connectivity index (χ0v) is 4.05. The molecular weight excluding hydrogens is 110 g/mol. The Balaban J connectivity index is 2.35. The average Bonchev–Trinajstić information content (AvgIpc) is 1.57. The van der Waals surface area contributed by atoms with Crippen LogP contribution in [0.1, 0.15) is 6.42 Å². The number of carbonyl (C=O) groups is 2. The van der Waals surface area contributed by atoms with Gasteiger partial charge in [-0.2, -0.15) is 0 Å². The molecule has 1 atom stereocenters. The van der Waals surface area contributed by atoms with Crippen molar-refractivity contribution in [2.75, 3.05) is 0 Å². The molecule has 1 rings (SSSR count). The molecule has 1 aliphatic heterocycles. The molecule has 1 amide bonds. The minimum absolute atomic E-state index is 0.134. The van der Waals surface area contributed by atoms with Crippen molar-refractivity contribution in [3.8, 4) is 0 Å². The number of carboxylic acids is 1. The summed E-state index contributed by atoms with van der Waals surface area (Å²) in [6.45, 7) is 0. The van der Waals surface area contributed by atoms with E-state index in [1.807, 2.05) is 0 Å². The van der Waals surface area contributed by atoms with E-state index in [-0.39, 0.29) is 12.3 Å². The highest BCUT2D eigenvalue weighted by molar-refractivity contribution is 5.94. The Morgan fingerprint density at radius 3 is 2.50 bits per heavy atom. The van der Waals surface area contributed by atoms with Crippen LogP contribution in [0, 0.1) is 0 Å². The van der Waals surface area contributed by atoms with Gasteiger partial charge >= 0.3 is 5.97 Å². The quantitative estimate of drug-likeness (QED) is 0.429. The minimum atomic E-state index is -0.954. The van der Waals surface area contributed by atoms with E-state index in [0.29, 0.717) is 0 Å². The number of hydrogen-bond acceptors (Lipinski definition) is 2. The first-order chi connectivity index (χ1) is 3.70. The molecule has 0 aromatic carbocycles. The Morgan fingerprint density at radius 1 is 1.88 bits per heavy atom. The van der Waals surface area contributed by atoms with Gasteiger partial charge in [0.25, 0.3) is 0 Å². The van der Waals surface area contributed by atoms with Crippen molar-refractivity contribution in [2.24, 2.45) is 0 Å². The molecule has 8 heavy (non-hydrogen) atoms. The molecule has 44 valence electrons. The molecular formula is C4H5NO3. The topological polar surface area (TPSA) is 66.4 Å². The summed E-state index contributed by atoms with van der Waals surface area (Å²) in [4.78, 5) is 20.0. The summed E-state index contributed by atoms with van der Waals surface area (Å²) >= 11 is 0. The number of aliphatic carboxylic acids is 1. The summed E-state index contributed by atoms with van der Waals surface area (Å²) in [7, 11) is 0. The van der Waals surface area contributed by atoms with Crippen LogP contribution in [0.15, 0.2) is 0 Å². The Bertz CT molecular complexity index is 134. The fourth-order valence-corrected chi connectivity index (χ4v) is 0.508. The highest BCUT2D eigenvalue weighted by atomic mass is 16.4. The van der Waals surface area contributed by atoms with Crippen molar-refractivity contribution < 1.29 is 14.7 Å². The first kappa shape index (κ1) is 5.08. The van der Waals surface area contributed by atoms with E-state index in [1.165, 1.54) is 0 Å². The van der Waals surface area contributed by atoms with E-state index < -0.39 is 12.0 Å². The molecule has 1 aliphatic rings. The second-order valence-corrected chi connectivity index (χ2v) is 1.66. The molecule has 0 aliphatic carbocycles. The number of amides is 1. The van der Waals surface area contributed by atoms with Gasteiger partial charge in [-0.25, -0.2) is 4.79 Å². The van der Waals surface area contributed by atoms with Crippen LogP contribution in [0.25, 0.3) is 0 Å². The third-order valence-corrected chi connectivity index (χ3v) is 1.02. The molecule has 4 heteroatoms. The van der Waals surface area contributed by atoms with Gasteiger partial charge < -0.3 is 10.4 Å². The predicted octanol–water partition coefficient (Wildman–Crippen LogP) is -1.04. The van der Waals surface area contributed by atoms with Gasteiger partial charge in [-0.15, -0.1) is 0 Å². The smallest absolute Gasteiger partial charge is 0.326 e. The molecule has 0 aromatic heterocycles. The van der Waals surface area contributed by atoms with Crippen LogP contribution in [-0.2, 0) is 9.59 Å². The summed E-state index contributed by atoms with van der Waals surface area (Å²) in [6.07, 6.45) is 0.134. The van der Waals surface area contributed by atoms with Crippen LogP contribution in [0.2, 0.25) is 0 Å². The predicted molar refractivity (Wildman–Crippen MR) is 24.2 cm³/mol. The molecule has 0 saturated carbocycles. The zero-order chi connectivity index (χ0) is 6.15. The summed E-state index contributed by atoms with van der Waals surface area (Å²) in [5.74, 6) is -1.14. The van der Waals surface area contributed by atoms with Gasteiger partial charge in [0.15, 0.2) is 0 Å². The highest BCUT2D eigenvalue weighted by Gasteiger charge is 2.31. The SMILES string of the molecule is O=C1C[C@@H](C(=O)O)N1. The Morgan fingerprint density at radius 2 is 2.38 bits per heavy atom. The standard InChI is InChI=1S/C4H5NO3/c6-3-1-2(5-3)4(7)8/h2H,1H2,(H,5,6)(H,7,8)/t2-/m0/s1. The van der Waals surface area contributed by atoms with E-state index in [1.54, 1.807) is 0 Å². The van der Waals surface area contributed by atoms with Gasteiger partial charge in [-0.05, 0) is 0 Å². The molecule has 4 nitrogen and oxygen atoms in total. The molecule has 0 bridgehead atoms. The van der Waals surface area contributed by atoms with E-state index in [4.69, 9.17) is 5.11 Å². The number of carbonyl (C=O) groups excluding carboxylic acids is 1. The van der Waals surface area contributed by atoms with Crippen molar-refractivity contribution in [1.29, 1.82) is 0 Å². The van der Waals surface area contributed by atoms with Crippen LogP contribution in [0.4, 0.5) is 0 Å². The summed E-state index contributed by atoms with van der Waals surface area (Å²) in [5, 5.41) is 10.3. The van der Waals surface area contributed by atoms with Crippen molar-refractivity contribution in [3.63, 3.8) is 0 Å². The van der Waals surface area contributed by atoms with Gasteiger partial charge in [0.2, 0.25) is 5.91 Å². The zero-order valence-electron chi connectivity index (χ0n) is 4.05. The first-order valence-electron chi connectivity index (χ1n) is 2.22. The third kappa shape index (κ3) is 0.641. The Hall–Kier alpha value is -1.06. The first-order valence-corrected chi connectivity index (χ1v) is 2.22. The number of rotatable bonds is 1. The van der Waals surface area contributed by atoms with Gasteiger partial charge in [-0.1, -0.05) is 0 Å². The maximum absolute atomic E-state index is 10.0. The van der Waals surface area contributed by atoms with E-state index in [2.05, 4.69) is 5.32 Å². The highest BCUT2D eigenvalue weighted by Crippen LogP contribution is 2.02. The minimum Gasteiger partial charge on any atom is -0.480 e. The Labute approximate surface area is 45.5 Å². The van der Waals surface area contributed by atoms with Crippen LogP contribution >= 0.6 is 0 Å². The molecule has 2 N–H and O–H groups in total. The number of carboxylic acid groups (broad SMARTS) is 1. The van der Waals surface area contributed by atoms with Gasteiger partial charge in [0.05, 0.1) is 6.42 Å². The Kier molecular flexibility index (Phi) is 0.932. The second-order valence-electron chi connectivity index (χ2n) is 1.66. The maximum atomic E-state index is 10.0. The molecule has 1 fully saturated rings. The van der Waals surface area contributed by atoms with E-state index in [0.717, 1.165) is 0 Å². The lowest BCUT2D eigenvalue weighted by molar-refractivity contribution is -0.147. The molecule has 0 radical (unpaired) electrons. The molecule has 0 spiro atoms. The fraction of sp³-hybridized carbons (Fsp3) is 0.500. The lowest BCUT2D eigenvalue weighted by atomic mass is 10.1. The average molecular weight is 115 g/mol. The lowest BCUT2D eigenvalue weighted by Gasteiger charge is -2.21. The van der Waals surface area contributed by atoms with Crippen molar-refractivity contribution in [1.82, 2.24) is 5.32 Å². The fourth-order valence-electron chi connectivity index (χ4n) is 0.508. The van der Waals surface area contributed by atoms with Crippen molar-refractivity contribution in [2.45, 2.75) is 12.5 Å². The molecule has 1 heterocycles. The molecule has 1 saturated heterocycles. The van der Waals surface area contributed by atoms with Crippen LogP contribution in [-0.4, -0.2) is 23.0 Å². The summed E-state index contributed by atoms with van der Waals surface area (Å²) in [5.41, 5.74) is 0. The van der Waals surface area contributed by atoms with Crippen LogP contribution in [0.3, 0.4) is 0 Å². The summed E-state index contributed by atoms with van der Waals surface area (Å²) in [6, 6.07) is -0.623. The maximum Gasteiger partial charge on any atom is 0.326 e. The summed E-state index contributed by atoms with van der Waals surface area (Å²) < 4.78 is 0. The number of nitrogens with one attached hydrogen (secondary N) is 1. The number of β-lactam (4-membered cyclic amide) rings is 1. The van der Waals surface area contributed by atoms with Crippen molar-refractivity contribution >= 4 is 11.9 Å². The number of hydrogen-bond donors (Lipinski definition) is 2. The monoisotopic (exact) mass is 115 g/mol. The third-order valence-electron chi connectivity index (χ3n) is 1.02. The normalized spacial score (nSPS) is 26.0. The van der Waals surface area contributed by atoms with Crippen LogP contribution < -0.4 is 5.32 Å². The van der Waals surface area contributed by atoms with E-state index >= 15 is 0 Å². The molecule has 0 aromatic rings. The van der Waals surface area contributed by atoms with Crippen LogP contribution in [0.5, 0.6) is 0 Å². The van der Waals surface area contributed by atoms with Gasteiger partial charge in [-0.3, -0.25) is 4.79 Å². The van der Waals surface area contributed by atoms with Gasteiger partial charge in [0.1, 0.15) is 6.04 Å². The second kappa shape index (κ2) is 1.47. The van der Waals surface area contributed by atoms with E-state index in [9.17, 15) is 9.59 Å². The lowest BCUT2D eigenvalue weighted by Crippen LogP contribution is -2.53.